The van der Waals surface area contributed by atoms with Gasteiger partial charge in [-0.15, -0.1) is 13.2 Å². The zero-order chi connectivity index (χ0) is 26.2. The van der Waals surface area contributed by atoms with Crippen LogP contribution in [0, 0.1) is 0 Å². The standard InChI is InChI=1S/C25H23ClF4N4O3/c26-20-10-16(24-31-22(37-32-24)13-33-7-5-18(27)6-8-33)9-17-12-34(21(14-35)23(17)20)11-15-1-3-19(4-2-15)36-25(28,29)30/h1-4,9-10,14,18,21H,5-8,11-13H2. The number of piperidine rings is 1. The van der Waals surface area contributed by atoms with Crippen molar-refractivity contribution in [1.82, 2.24) is 19.9 Å². The maximum atomic E-state index is 13.4. The Labute approximate surface area is 214 Å². The van der Waals surface area contributed by atoms with Gasteiger partial charge in [-0.05, 0) is 53.8 Å². The van der Waals surface area contributed by atoms with Gasteiger partial charge in [0.05, 0.1) is 12.6 Å². The van der Waals surface area contributed by atoms with Gasteiger partial charge in [0.15, 0.2) is 0 Å². The molecule has 0 N–H and O–H groups in total. The summed E-state index contributed by atoms with van der Waals surface area (Å²) in [4.78, 5) is 20.4. The van der Waals surface area contributed by atoms with Crippen LogP contribution >= 0.6 is 11.6 Å². The Morgan fingerprint density at radius 2 is 1.86 bits per heavy atom. The third-order valence-electron chi connectivity index (χ3n) is 6.55. The molecule has 0 spiro atoms. The van der Waals surface area contributed by atoms with E-state index in [0.29, 0.717) is 79.0 Å². The van der Waals surface area contributed by atoms with Crippen molar-refractivity contribution in [2.45, 2.75) is 51.1 Å². The molecule has 3 heterocycles. The molecule has 12 heteroatoms. The summed E-state index contributed by atoms with van der Waals surface area (Å²) in [7, 11) is 0. The summed E-state index contributed by atoms with van der Waals surface area (Å²) in [6, 6.07) is 8.46. The lowest BCUT2D eigenvalue weighted by Crippen LogP contribution is -2.33. The molecule has 1 unspecified atom stereocenters. The highest BCUT2D eigenvalue weighted by atomic mass is 35.5. The summed E-state index contributed by atoms with van der Waals surface area (Å²) in [5.74, 6) is 0.475. The number of ether oxygens (including phenoxy) is 1. The third kappa shape index (κ3) is 5.94. The number of carbonyl (C=O) groups excluding carboxylic acids is 1. The molecule has 1 saturated heterocycles. The number of halogens is 5. The molecule has 0 bridgehead atoms. The Hall–Kier alpha value is -3.02. The Balaban J connectivity index is 1.30. The molecule has 0 amide bonds. The first-order chi connectivity index (χ1) is 17.7. The lowest BCUT2D eigenvalue weighted by atomic mass is 10.0. The molecule has 0 saturated carbocycles. The number of nitrogens with zero attached hydrogens (tertiary/aromatic N) is 4. The van der Waals surface area contributed by atoms with E-state index in [-0.39, 0.29) is 5.75 Å². The number of fused-ring (bicyclic) bond motifs is 1. The monoisotopic (exact) mass is 538 g/mol. The van der Waals surface area contributed by atoms with E-state index in [0.717, 1.165) is 11.8 Å². The predicted octanol–water partition coefficient (Wildman–Crippen LogP) is 5.48. The van der Waals surface area contributed by atoms with E-state index in [1.54, 1.807) is 6.07 Å². The second kappa shape index (κ2) is 10.4. The Morgan fingerprint density at radius 3 is 2.54 bits per heavy atom. The van der Waals surface area contributed by atoms with E-state index in [2.05, 4.69) is 19.8 Å². The number of aromatic nitrogens is 2. The molecule has 2 aliphatic rings. The van der Waals surface area contributed by atoms with Gasteiger partial charge in [0, 0.05) is 36.8 Å². The molecule has 7 nitrogen and oxygen atoms in total. The van der Waals surface area contributed by atoms with Crippen LogP contribution in [0.1, 0.15) is 41.5 Å². The zero-order valence-corrected chi connectivity index (χ0v) is 20.3. The van der Waals surface area contributed by atoms with Crippen molar-refractivity contribution in [1.29, 1.82) is 0 Å². The number of benzene rings is 2. The van der Waals surface area contributed by atoms with E-state index < -0.39 is 18.6 Å². The fraction of sp³-hybridized carbons (Fsp3) is 0.400. The molecule has 37 heavy (non-hydrogen) atoms. The van der Waals surface area contributed by atoms with Crippen LogP contribution in [0.25, 0.3) is 11.4 Å². The largest absolute Gasteiger partial charge is 0.573 e. The van der Waals surface area contributed by atoms with Crippen molar-refractivity contribution in [3.63, 3.8) is 0 Å². The van der Waals surface area contributed by atoms with Gasteiger partial charge in [0.1, 0.15) is 18.2 Å². The number of likely N-dealkylation sites (tertiary alicyclic amines) is 1. The van der Waals surface area contributed by atoms with Crippen LogP contribution < -0.4 is 4.74 Å². The Kier molecular flexibility index (Phi) is 7.19. The molecule has 196 valence electrons. The van der Waals surface area contributed by atoms with Gasteiger partial charge >= 0.3 is 6.36 Å². The van der Waals surface area contributed by atoms with Gasteiger partial charge < -0.3 is 14.1 Å². The quantitative estimate of drug-likeness (QED) is 0.291. The zero-order valence-electron chi connectivity index (χ0n) is 19.5. The van der Waals surface area contributed by atoms with E-state index in [1.165, 1.54) is 24.3 Å². The van der Waals surface area contributed by atoms with Crippen molar-refractivity contribution in [2.75, 3.05) is 13.1 Å². The molecule has 5 rings (SSSR count). The van der Waals surface area contributed by atoms with Gasteiger partial charge in [0.2, 0.25) is 11.7 Å². The van der Waals surface area contributed by atoms with Crippen molar-refractivity contribution in [3.05, 3.63) is 64.0 Å². The molecule has 2 aromatic carbocycles. The van der Waals surface area contributed by atoms with Crippen LogP contribution in [0.15, 0.2) is 40.9 Å². The van der Waals surface area contributed by atoms with Crippen molar-refractivity contribution in [3.8, 4) is 17.1 Å². The van der Waals surface area contributed by atoms with Crippen molar-refractivity contribution >= 4 is 17.9 Å². The molecule has 1 atom stereocenters. The normalized spacial score (nSPS) is 19.2. The number of hydrogen-bond donors (Lipinski definition) is 0. The average Bonchev–Trinajstić information content (AvgIpc) is 3.45. The molecule has 1 fully saturated rings. The molecule has 1 aromatic heterocycles. The van der Waals surface area contributed by atoms with E-state index in [9.17, 15) is 22.4 Å². The predicted molar refractivity (Wildman–Crippen MR) is 125 cm³/mol. The van der Waals surface area contributed by atoms with Crippen LogP contribution in [0.2, 0.25) is 5.02 Å². The summed E-state index contributed by atoms with van der Waals surface area (Å²) in [5.41, 5.74) is 2.86. The number of alkyl halides is 4. The second-order valence-electron chi connectivity index (χ2n) is 9.17. The van der Waals surface area contributed by atoms with Crippen LogP contribution in [-0.4, -0.2) is 51.9 Å². The average molecular weight is 539 g/mol. The van der Waals surface area contributed by atoms with Crippen molar-refractivity contribution < 1.29 is 31.6 Å². The van der Waals surface area contributed by atoms with Crippen LogP contribution in [0.4, 0.5) is 17.6 Å². The highest BCUT2D eigenvalue weighted by Gasteiger charge is 2.34. The number of carbonyl (C=O) groups is 1. The van der Waals surface area contributed by atoms with E-state index in [1.807, 2.05) is 11.0 Å². The maximum Gasteiger partial charge on any atom is 0.573 e. The summed E-state index contributed by atoms with van der Waals surface area (Å²) in [5, 5.41) is 4.46. The highest BCUT2D eigenvalue weighted by Crippen LogP contribution is 2.40. The number of aldehydes is 1. The van der Waals surface area contributed by atoms with Crippen molar-refractivity contribution in [2.24, 2.45) is 0 Å². The lowest BCUT2D eigenvalue weighted by Gasteiger charge is -2.26. The molecule has 2 aliphatic heterocycles. The van der Waals surface area contributed by atoms with Crippen LogP contribution in [-0.2, 0) is 24.4 Å². The van der Waals surface area contributed by atoms with Gasteiger partial charge in [0.25, 0.3) is 0 Å². The maximum absolute atomic E-state index is 13.4. The first kappa shape index (κ1) is 25.6. The topological polar surface area (TPSA) is 71.7 Å². The number of rotatable bonds is 7. The summed E-state index contributed by atoms with van der Waals surface area (Å²) in [6.07, 6.45) is -3.75. The molecular weight excluding hydrogens is 516 g/mol. The SMILES string of the molecule is O=CC1c2c(Cl)cc(-c3noc(CN4CCC(F)CC4)n3)cc2CN1Cc1ccc(OC(F)(F)F)cc1. The summed E-state index contributed by atoms with van der Waals surface area (Å²) >= 11 is 6.59. The Bertz CT molecular complexity index is 1260. The minimum Gasteiger partial charge on any atom is -0.406 e. The first-order valence-corrected chi connectivity index (χ1v) is 12.1. The molecular formula is C25H23ClF4N4O3. The van der Waals surface area contributed by atoms with E-state index >= 15 is 0 Å². The Morgan fingerprint density at radius 1 is 1.14 bits per heavy atom. The second-order valence-corrected chi connectivity index (χ2v) is 9.58. The third-order valence-corrected chi connectivity index (χ3v) is 6.86. The summed E-state index contributed by atoms with van der Waals surface area (Å²) in [6.45, 7) is 2.41. The number of hydrogen-bond acceptors (Lipinski definition) is 7. The van der Waals surface area contributed by atoms with Gasteiger partial charge in [-0.2, -0.15) is 4.98 Å². The first-order valence-electron chi connectivity index (χ1n) is 11.7. The highest BCUT2D eigenvalue weighted by molar-refractivity contribution is 6.32. The fourth-order valence-corrected chi connectivity index (χ4v) is 5.14. The van der Waals surface area contributed by atoms with Gasteiger partial charge in [-0.25, -0.2) is 4.39 Å². The molecule has 3 aromatic rings. The minimum atomic E-state index is -4.76. The molecule has 0 aliphatic carbocycles. The van der Waals surface area contributed by atoms with Crippen LogP contribution in [0.3, 0.4) is 0 Å². The summed E-state index contributed by atoms with van der Waals surface area (Å²) < 4.78 is 60.0. The van der Waals surface area contributed by atoms with Crippen LogP contribution in [0.5, 0.6) is 5.75 Å². The molecule has 0 radical (unpaired) electrons. The minimum absolute atomic E-state index is 0.313. The van der Waals surface area contributed by atoms with Gasteiger partial charge in [-0.1, -0.05) is 28.9 Å². The fourth-order valence-electron chi connectivity index (χ4n) is 4.79. The lowest BCUT2D eigenvalue weighted by molar-refractivity contribution is -0.274. The van der Waals surface area contributed by atoms with Gasteiger partial charge in [-0.3, -0.25) is 9.80 Å². The van der Waals surface area contributed by atoms with E-state index in [4.69, 9.17) is 16.1 Å². The smallest absolute Gasteiger partial charge is 0.406 e.